The first-order valence-electron chi connectivity index (χ1n) is 6.61. The van der Waals surface area contributed by atoms with Crippen LogP contribution in [0, 0.1) is 11.6 Å². The highest BCUT2D eigenvalue weighted by atomic mass is 19.1. The van der Waals surface area contributed by atoms with Crippen molar-refractivity contribution < 1.29 is 18.1 Å². The molecule has 2 heterocycles. The van der Waals surface area contributed by atoms with Gasteiger partial charge in [-0.2, -0.15) is 4.98 Å². The Labute approximate surface area is 119 Å². The Morgan fingerprint density at radius 3 is 3.00 bits per heavy atom. The van der Waals surface area contributed by atoms with Crippen LogP contribution in [-0.2, 0) is 11.2 Å². The Morgan fingerprint density at radius 2 is 2.29 bits per heavy atom. The van der Waals surface area contributed by atoms with Crippen molar-refractivity contribution in [2.75, 3.05) is 13.1 Å². The van der Waals surface area contributed by atoms with Crippen LogP contribution in [0.5, 0.6) is 0 Å². The number of halogens is 2. The molecule has 1 fully saturated rings. The van der Waals surface area contributed by atoms with Crippen LogP contribution in [0.25, 0.3) is 0 Å². The van der Waals surface area contributed by atoms with Crippen LogP contribution in [0.1, 0.15) is 23.7 Å². The third kappa shape index (κ3) is 2.91. The summed E-state index contributed by atoms with van der Waals surface area (Å²) in [5.74, 6) is -0.908. The molecule has 1 atom stereocenters. The molecule has 2 aromatic rings. The zero-order valence-corrected chi connectivity index (χ0v) is 11.1. The van der Waals surface area contributed by atoms with Crippen molar-refractivity contribution in [3.05, 3.63) is 47.6 Å². The van der Waals surface area contributed by atoms with Crippen LogP contribution in [-0.4, -0.2) is 34.0 Å². The third-order valence-electron chi connectivity index (χ3n) is 3.64. The van der Waals surface area contributed by atoms with Gasteiger partial charge < -0.3 is 9.42 Å². The lowest BCUT2D eigenvalue weighted by atomic mass is 10.1. The minimum atomic E-state index is -0.697. The Kier molecular flexibility index (Phi) is 3.64. The van der Waals surface area contributed by atoms with Crippen molar-refractivity contribution in [1.82, 2.24) is 15.0 Å². The van der Waals surface area contributed by atoms with Crippen molar-refractivity contribution in [2.24, 2.45) is 0 Å². The summed E-state index contributed by atoms with van der Waals surface area (Å²) in [5.41, 5.74) is 0.199. The Morgan fingerprint density at radius 1 is 1.43 bits per heavy atom. The Balaban J connectivity index is 1.64. The van der Waals surface area contributed by atoms with Crippen LogP contribution < -0.4 is 0 Å². The topological polar surface area (TPSA) is 59.2 Å². The van der Waals surface area contributed by atoms with Gasteiger partial charge in [0.05, 0.1) is 6.42 Å². The highest BCUT2D eigenvalue weighted by molar-refractivity contribution is 5.79. The van der Waals surface area contributed by atoms with Gasteiger partial charge in [0.1, 0.15) is 11.6 Å². The summed E-state index contributed by atoms with van der Waals surface area (Å²) in [6.45, 7) is 1.06. The van der Waals surface area contributed by atoms with Gasteiger partial charge in [-0.3, -0.25) is 4.79 Å². The molecule has 110 valence electrons. The summed E-state index contributed by atoms with van der Waals surface area (Å²) in [6, 6.07) is 3.24. The number of aromatic nitrogens is 2. The molecule has 1 aliphatic heterocycles. The molecule has 3 rings (SSSR count). The molecule has 0 radical (unpaired) electrons. The van der Waals surface area contributed by atoms with E-state index in [9.17, 15) is 13.6 Å². The predicted molar refractivity (Wildman–Crippen MR) is 68.3 cm³/mol. The molecule has 21 heavy (non-hydrogen) atoms. The van der Waals surface area contributed by atoms with E-state index in [-0.39, 0.29) is 23.8 Å². The lowest BCUT2D eigenvalue weighted by Crippen LogP contribution is -2.30. The fraction of sp³-hybridized carbons (Fsp3) is 0.357. The smallest absolute Gasteiger partial charge is 0.227 e. The van der Waals surface area contributed by atoms with Crippen molar-refractivity contribution in [2.45, 2.75) is 18.8 Å². The largest absolute Gasteiger partial charge is 0.343 e. The number of likely N-dealkylation sites (tertiary alicyclic amines) is 1. The zero-order chi connectivity index (χ0) is 14.8. The highest BCUT2D eigenvalue weighted by Gasteiger charge is 2.30. The molecule has 1 amide bonds. The van der Waals surface area contributed by atoms with Gasteiger partial charge in [-0.15, -0.1) is 0 Å². The molecule has 1 saturated heterocycles. The first-order valence-corrected chi connectivity index (χ1v) is 6.61. The Bertz CT molecular complexity index is 646. The SMILES string of the molecule is O=C(Cc1ccc(F)cc1F)N1CC[C@H](c2ncon2)C1. The molecule has 0 spiro atoms. The van der Waals surface area contributed by atoms with Crippen LogP contribution in [0.3, 0.4) is 0 Å². The normalized spacial score (nSPS) is 18.2. The van der Waals surface area contributed by atoms with Crippen molar-refractivity contribution in [3.8, 4) is 0 Å². The molecule has 1 aromatic carbocycles. The lowest BCUT2D eigenvalue weighted by Gasteiger charge is -2.16. The number of benzene rings is 1. The maximum absolute atomic E-state index is 13.6. The first kappa shape index (κ1) is 13.7. The number of carbonyl (C=O) groups is 1. The first-order chi connectivity index (χ1) is 10.1. The molecule has 7 heteroatoms. The van der Waals surface area contributed by atoms with Gasteiger partial charge in [0, 0.05) is 25.1 Å². The zero-order valence-electron chi connectivity index (χ0n) is 11.1. The molecular formula is C14H13F2N3O2. The van der Waals surface area contributed by atoms with Gasteiger partial charge in [0.25, 0.3) is 0 Å². The molecule has 0 N–H and O–H groups in total. The van der Waals surface area contributed by atoms with Crippen LogP contribution >= 0.6 is 0 Å². The number of nitrogens with zero attached hydrogens (tertiary/aromatic N) is 3. The molecular weight excluding hydrogens is 280 g/mol. The van der Waals surface area contributed by atoms with E-state index in [2.05, 4.69) is 10.1 Å². The second kappa shape index (κ2) is 5.59. The average Bonchev–Trinajstić information content (AvgIpc) is 3.10. The van der Waals surface area contributed by atoms with Crippen LogP contribution in [0.15, 0.2) is 29.1 Å². The monoisotopic (exact) mass is 293 g/mol. The third-order valence-corrected chi connectivity index (χ3v) is 3.64. The quantitative estimate of drug-likeness (QED) is 0.867. The number of amides is 1. The van der Waals surface area contributed by atoms with E-state index < -0.39 is 11.6 Å². The summed E-state index contributed by atoms with van der Waals surface area (Å²) in [6.07, 6.45) is 1.93. The van der Waals surface area contributed by atoms with E-state index in [4.69, 9.17) is 4.52 Å². The molecule has 5 nitrogen and oxygen atoms in total. The summed E-state index contributed by atoms with van der Waals surface area (Å²) < 4.78 is 31.1. The number of rotatable bonds is 3. The maximum Gasteiger partial charge on any atom is 0.227 e. The van der Waals surface area contributed by atoms with Gasteiger partial charge in [-0.1, -0.05) is 11.2 Å². The van der Waals surface area contributed by atoms with Gasteiger partial charge in [-0.05, 0) is 18.1 Å². The fourth-order valence-electron chi connectivity index (χ4n) is 2.50. The van der Waals surface area contributed by atoms with Crippen LogP contribution in [0.2, 0.25) is 0 Å². The van der Waals surface area contributed by atoms with Gasteiger partial charge in [-0.25, -0.2) is 8.78 Å². The van der Waals surface area contributed by atoms with E-state index in [1.54, 1.807) is 4.90 Å². The number of hydrogen-bond donors (Lipinski definition) is 0. The van der Waals surface area contributed by atoms with Crippen molar-refractivity contribution in [1.29, 1.82) is 0 Å². The van der Waals surface area contributed by atoms with Gasteiger partial charge in [0.15, 0.2) is 5.82 Å². The standard InChI is InChI=1S/C14H13F2N3O2/c15-11-2-1-9(12(16)6-11)5-13(20)19-4-3-10(7-19)14-17-8-21-18-14/h1-2,6,8,10H,3-5,7H2/t10-/m0/s1. The molecule has 0 unspecified atom stereocenters. The summed E-state index contributed by atoms with van der Waals surface area (Å²) in [5, 5.41) is 3.77. The molecule has 1 aliphatic rings. The van der Waals surface area contributed by atoms with E-state index in [0.29, 0.717) is 18.9 Å². The lowest BCUT2D eigenvalue weighted by molar-refractivity contribution is -0.129. The predicted octanol–water partition coefficient (Wildman–Crippen LogP) is 1.91. The summed E-state index contributed by atoms with van der Waals surface area (Å²) >= 11 is 0. The molecule has 0 aliphatic carbocycles. The van der Waals surface area contributed by atoms with Crippen molar-refractivity contribution in [3.63, 3.8) is 0 Å². The van der Waals surface area contributed by atoms with Gasteiger partial charge in [0.2, 0.25) is 12.3 Å². The second-order valence-electron chi connectivity index (χ2n) is 5.03. The summed E-state index contributed by atoms with van der Waals surface area (Å²) in [4.78, 5) is 17.8. The van der Waals surface area contributed by atoms with E-state index >= 15 is 0 Å². The molecule has 1 aromatic heterocycles. The fourth-order valence-corrected chi connectivity index (χ4v) is 2.50. The van der Waals surface area contributed by atoms with Gasteiger partial charge >= 0.3 is 0 Å². The highest BCUT2D eigenvalue weighted by Crippen LogP contribution is 2.25. The van der Waals surface area contributed by atoms with Crippen molar-refractivity contribution >= 4 is 5.91 Å². The average molecular weight is 293 g/mol. The number of carbonyl (C=O) groups excluding carboxylic acids is 1. The van der Waals surface area contributed by atoms with E-state index in [1.807, 2.05) is 0 Å². The molecule has 0 bridgehead atoms. The number of hydrogen-bond acceptors (Lipinski definition) is 4. The molecule has 0 saturated carbocycles. The summed E-state index contributed by atoms with van der Waals surface area (Å²) in [7, 11) is 0. The maximum atomic E-state index is 13.6. The van der Waals surface area contributed by atoms with E-state index in [1.165, 1.54) is 12.5 Å². The Hall–Kier alpha value is -2.31. The second-order valence-corrected chi connectivity index (χ2v) is 5.03. The minimum absolute atomic E-state index is 0.0470. The minimum Gasteiger partial charge on any atom is -0.343 e. The van der Waals surface area contributed by atoms with Crippen LogP contribution in [0.4, 0.5) is 8.78 Å². The van der Waals surface area contributed by atoms with E-state index in [0.717, 1.165) is 18.6 Å².